The second kappa shape index (κ2) is 5.43. The lowest BCUT2D eigenvalue weighted by Crippen LogP contribution is -2.48. The predicted octanol–water partition coefficient (Wildman–Crippen LogP) is 3.39. The predicted molar refractivity (Wildman–Crippen MR) is 77.1 cm³/mol. The largest absolute Gasteiger partial charge is 0.481 e. The molecule has 3 atom stereocenters. The molecule has 3 unspecified atom stereocenters. The van der Waals surface area contributed by atoms with E-state index in [0.717, 1.165) is 19.3 Å². The fourth-order valence-electron chi connectivity index (χ4n) is 3.64. The Kier molecular flexibility index (Phi) is 4.24. The molecule has 0 bridgehead atoms. The quantitative estimate of drug-likeness (QED) is 0.830. The van der Waals surface area contributed by atoms with Crippen LogP contribution < -0.4 is 0 Å². The lowest BCUT2D eigenvalue weighted by Gasteiger charge is -2.45. The van der Waals surface area contributed by atoms with Gasteiger partial charge in [-0.15, -0.1) is 0 Å². The molecule has 0 aromatic carbocycles. The summed E-state index contributed by atoms with van der Waals surface area (Å²) < 4.78 is 0. The molecule has 2 aliphatic rings. The summed E-state index contributed by atoms with van der Waals surface area (Å²) in [6.07, 6.45) is 6.67. The SMILES string of the molecule is CCC(C)(C)C1CCC(C(=O)O)C(N(C)C2CC2)C1. The Balaban J connectivity index is 2.10. The van der Waals surface area contributed by atoms with Crippen LogP contribution in [-0.4, -0.2) is 35.1 Å². The van der Waals surface area contributed by atoms with Crippen molar-refractivity contribution in [2.75, 3.05) is 7.05 Å². The van der Waals surface area contributed by atoms with E-state index in [-0.39, 0.29) is 12.0 Å². The number of carbonyl (C=O) groups is 1. The average Bonchev–Trinajstić information content (AvgIpc) is 3.21. The van der Waals surface area contributed by atoms with Gasteiger partial charge in [-0.25, -0.2) is 0 Å². The Hall–Kier alpha value is -0.570. The van der Waals surface area contributed by atoms with Crippen LogP contribution in [0.5, 0.6) is 0 Å². The minimum atomic E-state index is -0.592. The van der Waals surface area contributed by atoms with Crippen molar-refractivity contribution in [2.24, 2.45) is 17.3 Å². The van der Waals surface area contributed by atoms with Gasteiger partial charge in [0.05, 0.1) is 5.92 Å². The van der Waals surface area contributed by atoms with Crippen molar-refractivity contribution in [3.63, 3.8) is 0 Å². The lowest BCUT2D eigenvalue weighted by atomic mass is 9.65. The van der Waals surface area contributed by atoms with Crippen LogP contribution in [0.3, 0.4) is 0 Å². The van der Waals surface area contributed by atoms with Crippen LogP contribution in [0.25, 0.3) is 0 Å². The van der Waals surface area contributed by atoms with E-state index in [1.165, 1.54) is 19.3 Å². The lowest BCUT2D eigenvalue weighted by molar-refractivity contribution is -0.146. The van der Waals surface area contributed by atoms with E-state index < -0.39 is 5.97 Å². The van der Waals surface area contributed by atoms with Crippen LogP contribution in [-0.2, 0) is 4.79 Å². The molecule has 0 heterocycles. The summed E-state index contributed by atoms with van der Waals surface area (Å²) in [7, 11) is 2.14. The molecule has 0 radical (unpaired) electrons. The summed E-state index contributed by atoms with van der Waals surface area (Å²) in [5.41, 5.74) is 0.339. The monoisotopic (exact) mass is 267 g/mol. The normalized spacial score (nSPS) is 32.6. The fourth-order valence-corrected chi connectivity index (χ4v) is 3.64. The first-order valence-electron chi connectivity index (χ1n) is 7.81. The minimum Gasteiger partial charge on any atom is -0.481 e. The molecular weight excluding hydrogens is 238 g/mol. The summed E-state index contributed by atoms with van der Waals surface area (Å²) >= 11 is 0. The first kappa shape index (κ1) is 14.8. The van der Waals surface area contributed by atoms with Crippen molar-refractivity contribution in [3.8, 4) is 0 Å². The molecule has 3 heteroatoms. The second-order valence-electron chi connectivity index (χ2n) is 7.26. The molecule has 0 aliphatic heterocycles. The second-order valence-corrected chi connectivity index (χ2v) is 7.26. The third kappa shape index (κ3) is 3.13. The van der Waals surface area contributed by atoms with Crippen molar-refractivity contribution in [3.05, 3.63) is 0 Å². The molecule has 2 rings (SSSR count). The Morgan fingerprint density at radius 3 is 2.37 bits per heavy atom. The van der Waals surface area contributed by atoms with Crippen molar-refractivity contribution in [1.29, 1.82) is 0 Å². The highest BCUT2D eigenvalue weighted by molar-refractivity contribution is 5.71. The molecule has 3 nitrogen and oxygen atoms in total. The number of hydrogen-bond donors (Lipinski definition) is 1. The maximum absolute atomic E-state index is 11.5. The third-order valence-electron chi connectivity index (χ3n) is 5.80. The molecule has 2 fully saturated rings. The van der Waals surface area contributed by atoms with Crippen LogP contribution >= 0.6 is 0 Å². The van der Waals surface area contributed by atoms with Crippen molar-refractivity contribution in [1.82, 2.24) is 4.90 Å². The van der Waals surface area contributed by atoms with Crippen molar-refractivity contribution >= 4 is 5.97 Å². The van der Waals surface area contributed by atoms with Crippen LogP contribution in [0, 0.1) is 17.3 Å². The third-order valence-corrected chi connectivity index (χ3v) is 5.80. The molecule has 19 heavy (non-hydrogen) atoms. The number of rotatable bonds is 5. The minimum absolute atomic E-state index is 0.158. The highest BCUT2D eigenvalue weighted by Crippen LogP contribution is 2.45. The molecule has 110 valence electrons. The van der Waals surface area contributed by atoms with Gasteiger partial charge in [0.1, 0.15) is 0 Å². The summed E-state index contributed by atoms with van der Waals surface area (Å²) in [5, 5.41) is 9.48. The molecule has 0 aromatic rings. The molecular formula is C16H29NO2. The van der Waals surface area contributed by atoms with Gasteiger partial charge in [0.25, 0.3) is 0 Å². The summed E-state index contributed by atoms with van der Waals surface area (Å²) in [5.74, 6) is -0.0842. The molecule has 0 amide bonds. The van der Waals surface area contributed by atoms with Gasteiger partial charge in [0.2, 0.25) is 0 Å². The van der Waals surface area contributed by atoms with Gasteiger partial charge in [-0.1, -0.05) is 27.2 Å². The van der Waals surface area contributed by atoms with E-state index in [1.54, 1.807) is 0 Å². The number of carboxylic acid groups (broad SMARTS) is 1. The van der Waals surface area contributed by atoms with Crippen LogP contribution in [0.15, 0.2) is 0 Å². The van der Waals surface area contributed by atoms with Gasteiger partial charge in [0, 0.05) is 12.1 Å². The van der Waals surface area contributed by atoms with E-state index in [4.69, 9.17) is 0 Å². The highest BCUT2D eigenvalue weighted by atomic mass is 16.4. The van der Waals surface area contributed by atoms with Gasteiger partial charge in [-0.3, -0.25) is 9.69 Å². The van der Waals surface area contributed by atoms with Crippen molar-refractivity contribution in [2.45, 2.75) is 71.4 Å². The van der Waals surface area contributed by atoms with Gasteiger partial charge in [-0.2, -0.15) is 0 Å². The van der Waals surface area contributed by atoms with Crippen LogP contribution in [0.4, 0.5) is 0 Å². The fraction of sp³-hybridized carbons (Fsp3) is 0.938. The summed E-state index contributed by atoms with van der Waals surface area (Å²) in [4.78, 5) is 13.9. The molecule has 0 aromatic heterocycles. The Morgan fingerprint density at radius 1 is 1.26 bits per heavy atom. The molecule has 2 aliphatic carbocycles. The van der Waals surface area contributed by atoms with E-state index in [0.29, 0.717) is 17.4 Å². The zero-order valence-corrected chi connectivity index (χ0v) is 12.9. The summed E-state index contributed by atoms with van der Waals surface area (Å²) in [6, 6.07) is 0.893. The van der Waals surface area contributed by atoms with E-state index in [9.17, 15) is 9.90 Å². The zero-order chi connectivity index (χ0) is 14.2. The number of hydrogen-bond acceptors (Lipinski definition) is 2. The highest BCUT2D eigenvalue weighted by Gasteiger charge is 2.44. The topological polar surface area (TPSA) is 40.5 Å². The number of nitrogens with zero attached hydrogens (tertiary/aromatic N) is 1. The smallest absolute Gasteiger partial charge is 0.308 e. The van der Waals surface area contributed by atoms with E-state index >= 15 is 0 Å². The van der Waals surface area contributed by atoms with Gasteiger partial charge in [0.15, 0.2) is 0 Å². The van der Waals surface area contributed by atoms with Crippen molar-refractivity contribution < 1.29 is 9.90 Å². The Morgan fingerprint density at radius 2 is 1.89 bits per heavy atom. The zero-order valence-electron chi connectivity index (χ0n) is 12.9. The van der Waals surface area contributed by atoms with Crippen LogP contribution in [0.2, 0.25) is 0 Å². The molecule has 2 saturated carbocycles. The van der Waals surface area contributed by atoms with E-state index in [2.05, 4.69) is 32.7 Å². The van der Waals surface area contributed by atoms with E-state index in [1.807, 2.05) is 0 Å². The first-order chi connectivity index (χ1) is 8.86. The Bertz CT molecular complexity index is 336. The maximum Gasteiger partial charge on any atom is 0.308 e. The van der Waals surface area contributed by atoms with Crippen LogP contribution in [0.1, 0.15) is 59.3 Å². The number of carboxylic acids is 1. The molecule has 0 spiro atoms. The number of aliphatic carboxylic acids is 1. The van der Waals surface area contributed by atoms with Gasteiger partial charge < -0.3 is 5.11 Å². The molecule has 1 N–H and O–H groups in total. The summed E-state index contributed by atoms with van der Waals surface area (Å²) in [6.45, 7) is 6.93. The van der Waals surface area contributed by atoms with Gasteiger partial charge in [-0.05, 0) is 50.5 Å². The standard InChI is InChI=1S/C16H29NO2/c1-5-16(2,3)11-6-9-13(15(18)19)14(10-11)17(4)12-7-8-12/h11-14H,5-10H2,1-4H3,(H,18,19). The first-order valence-corrected chi connectivity index (χ1v) is 7.81. The van der Waals surface area contributed by atoms with Gasteiger partial charge >= 0.3 is 5.97 Å². The molecule has 0 saturated heterocycles. The average molecular weight is 267 g/mol. The maximum atomic E-state index is 11.5. The Labute approximate surface area is 117 Å².